The summed E-state index contributed by atoms with van der Waals surface area (Å²) in [5.74, 6) is 0.439. The van der Waals surface area contributed by atoms with Gasteiger partial charge in [-0.2, -0.15) is 0 Å². The molecule has 3 amide bonds. The number of hydrogen-bond acceptors (Lipinski definition) is 10. The quantitative estimate of drug-likeness (QED) is 0.192. The molecule has 3 saturated heterocycles. The Bertz CT molecular complexity index is 982. The molecule has 3 saturated carbocycles. The van der Waals surface area contributed by atoms with Crippen LogP contribution in [0.3, 0.4) is 0 Å². The van der Waals surface area contributed by atoms with Gasteiger partial charge in [0.25, 0.3) is 0 Å². The fraction of sp³-hybridized carbons (Fsp3) is 0.844. The number of aldehydes is 1. The third-order valence-corrected chi connectivity index (χ3v) is 9.52. The number of amides is 3. The first-order valence-electron chi connectivity index (χ1n) is 15.3. The minimum absolute atomic E-state index is 0. The van der Waals surface area contributed by atoms with Crippen LogP contribution in [0.2, 0.25) is 0 Å². The molecule has 260 valence electrons. The maximum absolute atomic E-state index is 11.5. The smallest absolute Gasteiger partial charge is 0.407 e. The first-order chi connectivity index (χ1) is 20.1. The van der Waals surface area contributed by atoms with Crippen molar-refractivity contribution >= 4 is 30.5 Å². The van der Waals surface area contributed by atoms with Crippen LogP contribution in [0.5, 0.6) is 0 Å². The van der Waals surface area contributed by atoms with Gasteiger partial charge in [-0.3, -0.25) is 4.79 Å². The predicted molar refractivity (Wildman–Crippen MR) is 167 cm³/mol. The maximum Gasteiger partial charge on any atom is 0.407 e. The zero-order valence-corrected chi connectivity index (χ0v) is 24.5. The average molecular weight is 644 g/mol. The van der Waals surface area contributed by atoms with Crippen LogP contribution in [0.1, 0.15) is 106 Å². The topological polar surface area (TPSA) is 179 Å². The molecule has 4 N–H and O–H groups in total. The van der Waals surface area contributed by atoms with Crippen LogP contribution in [0, 0.1) is 17.8 Å². The lowest BCUT2D eigenvalue weighted by molar-refractivity contribution is -0.150. The molecular weight excluding hydrogens is 586 g/mol. The number of carbonyl (C=O) groups excluding carboxylic acids is 5. The lowest BCUT2D eigenvalue weighted by atomic mass is 9.79. The molecule has 0 aromatic heterocycles. The third kappa shape index (κ3) is 10.5. The van der Waals surface area contributed by atoms with Crippen molar-refractivity contribution in [3.8, 4) is 0 Å². The number of alkyl carbamates (subject to hydrolysis) is 3. The fourth-order valence-corrected chi connectivity index (χ4v) is 6.67. The lowest BCUT2D eigenvalue weighted by Crippen LogP contribution is -2.39. The average Bonchev–Trinajstić information content (AvgIpc) is 3.67. The van der Waals surface area contributed by atoms with E-state index in [2.05, 4.69) is 16.0 Å². The molecule has 13 nitrogen and oxygen atoms in total. The van der Waals surface area contributed by atoms with Gasteiger partial charge in [0.2, 0.25) is 0 Å². The summed E-state index contributed by atoms with van der Waals surface area (Å²) in [7, 11) is 0. The molecule has 13 heteroatoms. The van der Waals surface area contributed by atoms with Gasteiger partial charge in [0.05, 0.1) is 32.2 Å². The molecule has 6 fully saturated rings. The Labute approximate surface area is 268 Å². The summed E-state index contributed by atoms with van der Waals surface area (Å²) in [4.78, 5) is 54.8. The van der Waals surface area contributed by atoms with Gasteiger partial charge in [0.1, 0.15) is 23.1 Å². The van der Waals surface area contributed by atoms with Crippen molar-refractivity contribution in [2.75, 3.05) is 32.8 Å². The van der Waals surface area contributed by atoms with Gasteiger partial charge < -0.3 is 44.8 Å². The highest BCUT2D eigenvalue weighted by Crippen LogP contribution is 2.38. The standard InChI is InChI=1S/C11H17NO4.C9H15NO3.C9H13NO3.3CH4/c1-2-15-9(13)8-3-5-11(6-4-8)7-12-10(14)16-11;2*11-5-7-1-3-9(4-2-7)6-10-8(12)13-9;;;/h8H,2-7H2,1H3,(H,12,14);7,11H,1-6H2,(H,10,12);5,7H,1-4,6H2,(H,10,12);3*1H4. The van der Waals surface area contributed by atoms with Crippen LogP contribution in [0.25, 0.3) is 0 Å². The van der Waals surface area contributed by atoms with Crippen molar-refractivity contribution < 1.29 is 48.0 Å². The van der Waals surface area contributed by atoms with E-state index in [1.54, 1.807) is 0 Å². The van der Waals surface area contributed by atoms with Crippen molar-refractivity contribution in [2.45, 2.75) is 123 Å². The summed E-state index contributed by atoms with van der Waals surface area (Å²) in [5.41, 5.74) is -0.903. The Morgan fingerprint density at radius 3 is 1.44 bits per heavy atom. The fourth-order valence-electron chi connectivity index (χ4n) is 6.67. The van der Waals surface area contributed by atoms with Crippen LogP contribution in [0.4, 0.5) is 14.4 Å². The number of carbonyl (C=O) groups is 5. The minimum Gasteiger partial charge on any atom is -0.466 e. The summed E-state index contributed by atoms with van der Waals surface area (Å²) in [6, 6.07) is 0. The van der Waals surface area contributed by atoms with Gasteiger partial charge in [-0.15, -0.1) is 0 Å². The number of aliphatic hydroxyl groups excluding tert-OH is 1. The number of rotatable bonds is 4. The van der Waals surface area contributed by atoms with Crippen molar-refractivity contribution in [1.29, 1.82) is 0 Å². The molecule has 0 atom stereocenters. The Kier molecular flexibility index (Phi) is 15.6. The zero-order chi connectivity index (χ0) is 30.2. The zero-order valence-electron chi connectivity index (χ0n) is 24.5. The van der Waals surface area contributed by atoms with Gasteiger partial charge >= 0.3 is 24.2 Å². The Morgan fingerprint density at radius 1 is 0.756 bits per heavy atom. The van der Waals surface area contributed by atoms with Gasteiger partial charge in [-0.1, -0.05) is 22.3 Å². The number of esters is 1. The Balaban J connectivity index is 0.000000329. The second kappa shape index (κ2) is 17.6. The largest absolute Gasteiger partial charge is 0.466 e. The second-order valence-electron chi connectivity index (χ2n) is 12.4. The van der Waals surface area contributed by atoms with Crippen LogP contribution in [-0.4, -0.2) is 85.3 Å². The van der Waals surface area contributed by atoms with E-state index in [4.69, 9.17) is 24.1 Å². The third-order valence-electron chi connectivity index (χ3n) is 9.52. The molecule has 0 aromatic rings. The number of nitrogens with one attached hydrogen (secondary N) is 3. The normalized spacial score (nSPS) is 34.2. The summed E-state index contributed by atoms with van der Waals surface area (Å²) in [5, 5.41) is 17.0. The SMILES string of the molecule is C.C.C.CCOC(=O)C1CCC2(CC1)CNC(=O)O2.O=C1NCC2(CCC(CO)CC2)O1.O=CC1CCC2(CC1)CNC(=O)O2. The molecule has 0 unspecified atom stereocenters. The van der Waals surface area contributed by atoms with Crippen LogP contribution in [0.15, 0.2) is 0 Å². The van der Waals surface area contributed by atoms with Crippen molar-refractivity contribution in [2.24, 2.45) is 17.8 Å². The van der Waals surface area contributed by atoms with Crippen LogP contribution < -0.4 is 16.0 Å². The molecule has 45 heavy (non-hydrogen) atoms. The minimum atomic E-state index is -0.361. The Hall–Kier alpha value is -3.09. The number of aliphatic hydroxyl groups is 1. The molecule has 3 spiro atoms. The van der Waals surface area contributed by atoms with Crippen LogP contribution >= 0.6 is 0 Å². The van der Waals surface area contributed by atoms with E-state index in [-0.39, 0.29) is 81.8 Å². The maximum atomic E-state index is 11.5. The number of hydrogen-bond donors (Lipinski definition) is 4. The van der Waals surface area contributed by atoms with E-state index in [0.29, 0.717) is 32.2 Å². The first kappa shape index (κ1) is 39.9. The molecule has 6 aliphatic rings. The highest BCUT2D eigenvalue weighted by atomic mass is 16.6. The van der Waals surface area contributed by atoms with Crippen molar-refractivity contribution in [3.63, 3.8) is 0 Å². The van der Waals surface area contributed by atoms with Crippen LogP contribution in [-0.2, 0) is 28.5 Å². The van der Waals surface area contributed by atoms with Gasteiger partial charge in [-0.25, -0.2) is 14.4 Å². The van der Waals surface area contributed by atoms with Crippen molar-refractivity contribution in [3.05, 3.63) is 0 Å². The number of ether oxygens (including phenoxy) is 4. The molecule has 6 rings (SSSR count). The Morgan fingerprint density at radius 2 is 1.13 bits per heavy atom. The monoisotopic (exact) mass is 643 g/mol. The highest BCUT2D eigenvalue weighted by Gasteiger charge is 2.45. The van der Waals surface area contributed by atoms with E-state index in [0.717, 1.165) is 83.3 Å². The summed E-state index contributed by atoms with van der Waals surface area (Å²) < 4.78 is 20.7. The summed E-state index contributed by atoms with van der Waals surface area (Å²) in [6.07, 6.45) is 10.1. The molecule has 3 aliphatic heterocycles. The summed E-state index contributed by atoms with van der Waals surface area (Å²) in [6.45, 7) is 4.32. The summed E-state index contributed by atoms with van der Waals surface area (Å²) >= 11 is 0. The molecule has 0 bridgehead atoms. The van der Waals surface area contributed by atoms with E-state index >= 15 is 0 Å². The van der Waals surface area contributed by atoms with Gasteiger partial charge in [-0.05, 0) is 89.9 Å². The van der Waals surface area contributed by atoms with Gasteiger partial charge in [0, 0.05) is 12.5 Å². The second-order valence-corrected chi connectivity index (χ2v) is 12.4. The first-order valence-corrected chi connectivity index (χ1v) is 15.3. The van der Waals surface area contributed by atoms with Crippen molar-refractivity contribution in [1.82, 2.24) is 16.0 Å². The van der Waals surface area contributed by atoms with E-state index in [1.165, 1.54) is 0 Å². The molecule has 0 aromatic carbocycles. The van der Waals surface area contributed by atoms with E-state index in [9.17, 15) is 24.0 Å². The highest BCUT2D eigenvalue weighted by molar-refractivity contribution is 5.73. The predicted octanol–water partition coefficient (Wildman–Crippen LogP) is 4.63. The lowest BCUT2D eigenvalue weighted by Gasteiger charge is -2.33. The van der Waals surface area contributed by atoms with E-state index < -0.39 is 0 Å². The molecular formula is C32H57N3O10. The van der Waals surface area contributed by atoms with E-state index in [1.807, 2.05) is 6.92 Å². The molecule has 3 heterocycles. The molecule has 3 aliphatic carbocycles. The molecule has 0 radical (unpaired) electrons. The van der Waals surface area contributed by atoms with Gasteiger partial charge in [0.15, 0.2) is 0 Å².